The van der Waals surface area contributed by atoms with Gasteiger partial charge in [0.05, 0.1) is 6.61 Å². The summed E-state index contributed by atoms with van der Waals surface area (Å²) in [6, 6.07) is 16.1. The number of hydrogen-bond donors (Lipinski definition) is 0. The molecule has 0 unspecified atom stereocenters. The molecular formula is C30H44O. The van der Waals surface area contributed by atoms with Gasteiger partial charge in [0.1, 0.15) is 5.75 Å². The van der Waals surface area contributed by atoms with Gasteiger partial charge in [-0.2, -0.15) is 0 Å². The van der Waals surface area contributed by atoms with Crippen molar-refractivity contribution in [1.29, 1.82) is 0 Å². The van der Waals surface area contributed by atoms with Gasteiger partial charge in [-0.3, -0.25) is 0 Å². The molecule has 2 aromatic carbocycles. The predicted molar refractivity (Wildman–Crippen MR) is 134 cm³/mol. The van der Waals surface area contributed by atoms with Crippen molar-refractivity contribution in [2.45, 2.75) is 110 Å². The topological polar surface area (TPSA) is 9.23 Å². The number of aryl methyl sites for hydroxylation is 3. The molecule has 1 heteroatoms. The highest BCUT2D eigenvalue weighted by Gasteiger charge is 2.34. The maximum Gasteiger partial charge on any atom is 0.119 e. The van der Waals surface area contributed by atoms with Crippen LogP contribution < -0.4 is 4.74 Å². The molecule has 1 nitrogen and oxygen atoms in total. The highest BCUT2D eigenvalue weighted by Crippen LogP contribution is 2.44. The average molecular weight is 421 g/mol. The standard InChI is InChI=1S/C30H44O/c1-4-6-9-20-30(21-10-8-11-22-30)29-19-16-27(24-25(29)3)13-12-26-14-17-28(18-15-26)31-23-7-5-2/h14-19,24H,4-13,20-23H2,1-3H3. The molecule has 0 saturated heterocycles. The molecule has 0 heterocycles. The first-order valence-corrected chi connectivity index (χ1v) is 13.0. The quantitative estimate of drug-likeness (QED) is 0.312. The van der Waals surface area contributed by atoms with Crippen molar-refractivity contribution >= 4 is 0 Å². The zero-order chi connectivity index (χ0) is 21.9. The van der Waals surface area contributed by atoms with Crippen LogP contribution in [0.15, 0.2) is 42.5 Å². The number of ether oxygens (including phenoxy) is 1. The van der Waals surface area contributed by atoms with E-state index in [1.165, 1.54) is 80.9 Å². The van der Waals surface area contributed by atoms with Crippen LogP contribution in [-0.2, 0) is 18.3 Å². The van der Waals surface area contributed by atoms with Gasteiger partial charge in [-0.25, -0.2) is 0 Å². The van der Waals surface area contributed by atoms with Crippen molar-refractivity contribution in [3.63, 3.8) is 0 Å². The van der Waals surface area contributed by atoms with Crippen LogP contribution in [0.25, 0.3) is 0 Å². The molecule has 1 saturated carbocycles. The molecule has 0 amide bonds. The highest BCUT2D eigenvalue weighted by atomic mass is 16.5. The molecule has 2 aromatic rings. The summed E-state index contributed by atoms with van der Waals surface area (Å²) in [5, 5.41) is 0. The summed E-state index contributed by atoms with van der Waals surface area (Å²) in [4.78, 5) is 0. The largest absolute Gasteiger partial charge is 0.494 e. The Kier molecular flexibility index (Phi) is 9.50. The molecule has 0 spiro atoms. The van der Waals surface area contributed by atoms with Crippen LogP contribution in [0.4, 0.5) is 0 Å². The molecule has 3 rings (SSSR count). The minimum absolute atomic E-state index is 0.448. The van der Waals surface area contributed by atoms with Gasteiger partial charge in [-0.1, -0.05) is 89.1 Å². The second-order valence-corrected chi connectivity index (χ2v) is 9.79. The van der Waals surface area contributed by atoms with Crippen molar-refractivity contribution in [2.75, 3.05) is 6.61 Å². The van der Waals surface area contributed by atoms with E-state index in [9.17, 15) is 0 Å². The van der Waals surface area contributed by atoms with E-state index in [0.29, 0.717) is 5.41 Å². The molecular weight excluding hydrogens is 376 g/mol. The Morgan fingerprint density at radius 1 is 0.774 bits per heavy atom. The third-order valence-corrected chi connectivity index (χ3v) is 7.32. The van der Waals surface area contributed by atoms with Gasteiger partial charge in [0.25, 0.3) is 0 Å². The first-order chi connectivity index (χ1) is 15.2. The van der Waals surface area contributed by atoms with Crippen molar-refractivity contribution in [3.8, 4) is 5.75 Å². The summed E-state index contributed by atoms with van der Waals surface area (Å²) < 4.78 is 5.80. The summed E-state index contributed by atoms with van der Waals surface area (Å²) in [6.45, 7) is 7.70. The summed E-state index contributed by atoms with van der Waals surface area (Å²) in [7, 11) is 0. The monoisotopic (exact) mass is 420 g/mol. The SMILES string of the molecule is CCCCCC1(c2ccc(CCc3ccc(OCCCC)cc3)cc2C)CCCCC1. The zero-order valence-corrected chi connectivity index (χ0v) is 20.3. The fourth-order valence-corrected chi connectivity index (χ4v) is 5.45. The molecule has 0 aliphatic heterocycles. The minimum Gasteiger partial charge on any atom is -0.494 e. The molecule has 1 aliphatic rings. The molecule has 0 atom stereocenters. The van der Waals surface area contributed by atoms with E-state index in [1.54, 1.807) is 5.56 Å². The normalized spacial score (nSPS) is 15.7. The maximum absolute atomic E-state index is 5.80. The van der Waals surface area contributed by atoms with Gasteiger partial charge in [0.15, 0.2) is 0 Å². The second-order valence-electron chi connectivity index (χ2n) is 9.79. The van der Waals surface area contributed by atoms with Crippen LogP contribution in [0, 0.1) is 6.92 Å². The van der Waals surface area contributed by atoms with Crippen molar-refractivity contribution in [3.05, 3.63) is 64.7 Å². The van der Waals surface area contributed by atoms with Crippen LogP contribution in [-0.4, -0.2) is 6.61 Å². The Labute approximate surface area is 191 Å². The van der Waals surface area contributed by atoms with Gasteiger partial charge in [-0.15, -0.1) is 0 Å². The van der Waals surface area contributed by atoms with Crippen LogP contribution in [0.2, 0.25) is 0 Å². The zero-order valence-electron chi connectivity index (χ0n) is 20.3. The van der Waals surface area contributed by atoms with Gasteiger partial charge in [0, 0.05) is 0 Å². The number of rotatable bonds is 12. The highest BCUT2D eigenvalue weighted by molar-refractivity contribution is 5.38. The van der Waals surface area contributed by atoms with E-state index in [2.05, 4.69) is 63.2 Å². The fraction of sp³-hybridized carbons (Fsp3) is 0.600. The first kappa shape index (κ1) is 23.9. The lowest BCUT2D eigenvalue weighted by atomic mass is 9.65. The van der Waals surface area contributed by atoms with Gasteiger partial charge in [-0.05, 0) is 85.3 Å². The number of benzene rings is 2. The van der Waals surface area contributed by atoms with E-state index in [-0.39, 0.29) is 0 Å². The minimum atomic E-state index is 0.448. The van der Waals surface area contributed by atoms with Gasteiger partial charge < -0.3 is 4.74 Å². The third-order valence-electron chi connectivity index (χ3n) is 7.32. The van der Waals surface area contributed by atoms with Crippen molar-refractivity contribution in [2.24, 2.45) is 0 Å². The molecule has 1 fully saturated rings. The lowest BCUT2D eigenvalue weighted by molar-refractivity contribution is 0.265. The van der Waals surface area contributed by atoms with E-state index in [0.717, 1.165) is 31.6 Å². The second kappa shape index (κ2) is 12.3. The summed E-state index contributed by atoms with van der Waals surface area (Å²) in [5.74, 6) is 0.998. The van der Waals surface area contributed by atoms with E-state index in [4.69, 9.17) is 4.74 Å². The number of hydrogen-bond acceptors (Lipinski definition) is 1. The molecule has 0 aromatic heterocycles. The van der Waals surface area contributed by atoms with E-state index in [1.807, 2.05) is 0 Å². The Morgan fingerprint density at radius 3 is 2.13 bits per heavy atom. The van der Waals surface area contributed by atoms with Crippen molar-refractivity contribution in [1.82, 2.24) is 0 Å². The molecule has 170 valence electrons. The summed E-state index contributed by atoms with van der Waals surface area (Å²) in [6.07, 6.45) is 17.0. The Morgan fingerprint density at radius 2 is 1.45 bits per heavy atom. The smallest absolute Gasteiger partial charge is 0.119 e. The molecule has 1 aliphatic carbocycles. The molecule has 31 heavy (non-hydrogen) atoms. The van der Waals surface area contributed by atoms with Crippen LogP contribution in [0.3, 0.4) is 0 Å². The maximum atomic E-state index is 5.80. The molecule has 0 N–H and O–H groups in total. The number of unbranched alkanes of at least 4 members (excludes halogenated alkanes) is 3. The third kappa shape index (κ3) is 6.86. The fourth-order valence-electron chi connectivity index (χ4n) is 5.45. The lowest BCUT2D eigenvalue weighted by Gasteiger charge is -2.39. The summed E-state index contributed by atoms with van der Waals surface area (Å²) in [5.41, 5.74) is 6.50. The van der Waals surface area contributed by atoms with Crippen LogP contribution >= 0.6 is 0 Å². The Hall–Kier alpha value is -1.76. The first-order valence-electron chi connectivity index (χ1n) is 13.0. The van der Waals surface area contributed by atoms with Crippen LogP contribution in [0.1, 0.15) is 107 Å². The van der Waals surface area contributed by atoms with E-state index >= 15 is 0 Å². The van der Waals surface area contributed by atoms with E-state index < -0.39 is 0 Å². The van der Waals surface area contributed by atoms with Gasteiger partial charge in [0.2, 0.25) is 0 Å². The average Bonchev–Trinajstić information content (AvgIpc) is 2.79. The van der Waals surface area contributed by atoms with Crippen molar-refractivity contribution < 1.29 is 4.74 Å². The predicted octanol–water partition coefficient (Wildman–Crippen LogP) is 8.74. The van der Waals surface area contributed by atoms with Gasteiger partial charge >= 0.3 is 0 Å². The molecule has 0 radical (unpaired) electrons. The molecule has 0 bridgehead atoms. The van der Waals surface area contributed by atoms with Crippen LogP contribution in [0.5, 0.6) is 5.75 Å². The Balaban J connectivity index is 1.61. The Bertz CT molecular complexity index is 767. The lowest BCUT2D eigenvalue weighted by Crippen LogP contribution is -2.30. The summed E-state index contributed by atoms with van der Waals surface area (Å²) >= 11 is 0.